The minimum absolute atomic E-state index is 0.0726. The molecule has 0 saturated carbocycles. The van der Waals surface area contributed by atoms with Gasteiger partial charge in [-0.05, 0) is 49.2 Å². The van der Waals surface area contributed by atoms with E-state index in [4.69, 9.17) is 5.73 Å². The predicted molar refractivity (Wildman–Crippen MR) is 123 cm³/mol. The Kier molecular flexibility index (Phi) is 6.61. The molecule has 1 saturated heterocycles. The molecule has 8 heteroatoms. The van der Waals surface area contributed by atoms with Crippen LogP contribution in [0.15, 0.2) is 59.5 Å². The number of amides is 2. The van der Waals surface area contributed by atoms with Gasteiger partial charge in [-0.25, -0.2) is 0 Å². The van der Waals surface area contributed by atoms with E-state index in [-0.39, 0.29) is 29.6 Å². The van der Waals surface area contributed by atoms with Gasteiger partial charge >= 0.3 is 0 Å². The molecular formula is C24H27N5O3. The largest absolute Gasteiger partial charge is 0.369 e. The molecule has 1 aromatic heterocycles. The fourth-order valence-corrected chi connectivity index (χ4v) is 4.15. The van der Waals surface area contributed by atoms with Gasteiger partial charge in [-0.1, -0.05) is 24.3 Å². The molecule has 2 amide bonds. The zero-order chi connectivity index (χ0) is 22.5. The summed E-state index contributed by atoms with van der Waals surface area (Å²) in [5, 5.41) is 7.66. The number of nitrogens with zero attached hydrogens (tertiary/aromatic N) is 3. The number of para-hydroxylation sites is 1. The van der Waals surface area contributed by atoms with Crippen LogP contribution in [-0.2, 0) is 22.7 Å². The number of benzene rings is 2. The number of likely N-dealkylation sites (tertiary alicyclic amines) is 1. The highest BCUT2D eigenvalue weighted by Crippen LogP contribution is 2.19. The number of nitrogens with one attached hydrogen (secondary N) is 1. The maximum Gasteiger partial charge on any atom is 0.226 e. The van der Waals surface area contributed by atoms with E-state index in [9.17, 15) is 14.4 Å². The fraction of sp³-hybridized carbons (Fsp3) is 0.333. The standard InChI is InChI=1S/C24H27N5O3/c25-24(32)18-4-3-12-28(16-18)15-17-7-9-19(10-8-17)27-23(31)11-13-29-21-6-2-1-5-20(21)22(30)14-26-29/h1-2,5-10,14,18H,3-4,11-13,15-16H2,(H2,25,32)(H,27,31). The van der Waals surface area contributed by atoms with Crippen molar-refractivity contribution in [1.82, 2.24) is 14.7 Å². The number of fused-ring (bicyclic) bond motifs is 1. The van der Waals surface area contributed by atoms with Gasteiger partial charge in [0.15, 0.2) is 0 Å². The van der Waals surface area contributed by atoms with Crippen LogP contribution in [0.2, 0.25) is 0 Å². The van der Waals surface area contributed by atoms with Crippen LogP contribution in [0.3, 0.4) is 0 Å². The van der Waals surface area contributed by atoms with Gasteiger partial charge in [0.25, 0.3) is 0 Å². The first kappa shape index (κ1) is 21.7. The highest BCUT2D eigenvalue weighted by molar-refractivity contribution is 5.90. The average molecular weight is 434 g/mol. The van der Waals surface area contributed by atoms with E-state index in [0.29, 0.717) is 24.0 Å². The number of carbonyl (C=O) groups is 2. The minimum atomic E-state index is -0.224. The van der Waals surface area contributed by atoms with Crippen LogP contribution in [-0.4, -0.2) is 39.6 Å². The second kappa shape index (κ2) is 9.74. The summed E-state index contributed by atoms with van der Waals surface area (Å²) in [4.78, 5) is 38.1. The van der Waals surface area contributed by atoms with Crippen molar-refractivity contribution in [3.05, 3.63) is 70.5 Å². The second-order valence-corrected chi connectivity index (χ2v) is 8.22. The number of hydrogen-bond acceptors (Lipinski definition) is 5. The number of piperidine rings is 1. The van der Waals surface area contributed by atoms with E-state index in [1.165, 1.54) is 6.20 Å². The summed E-state index contributed by atoms with van der Waals surface area (Å²) in [5.41, 5.74) is 7.90. The topological polar surface area (TPSA) is 110 Å². The van der Waals surface area contributed by atoms with Crippen LogP contribution >= 0.6 is 0 Å². The summed E-state index contributed by atoms with van der Waals surface area (Å²) in [6.45, 7) is 2.78. The Labute approximate surface area is 186 Å². The third-order valence-corrected chi connectivity index (χ3v) is 5.86. The number of carbonyl (C=O) groups excluding carboxylic acids is 2. The van der Waals surface area contributed by atoms with E-state index in [0.717, 1.165) is 37.2 Å². The van der Waals surface area contributed by atoms with Crippen LogP contribution in [0.5, 0.6) is 0 Å². The van der Waals surface area contributed by atoms with Crippen molar-refractivity contribution in [2.45, 2.75) is 32.4 Å². The Hall–Kier alpha value is -3.52. The molecule has 3 N–H and O–H groups in total. The molecule has 166 valence electrons. The third kappa shape index (κ3) is 5.20. The van der Waals surface area contributed by atoms with Crippen molar-refractivity contribution in [2.24, 2.45) is 11.7 Å². The van der Waals surface area contributed by atoms with Crippen LogP contribution in [0, 0.1) is 5.92 Å². The van der Waals surface area contributed by atoms with Crippen LogP contribution in [0.25, 0.3) is 10.9 Å². The predicted octanol–water partition coefficient (Wildman–Crippen LogP) is 2.12. The van der Waals surface area contributed by atoms with E-state index >= 15 is 0 Å². The molecule has 1 fully saturated rings. The zero-order valence-electron chi connectivity index (χ0n) is 17.9. The molecule has 4 rings (SSSR count). The van der Waals surface area contributed by atoms with E-state index in [1.807, 2.05) is 42.5 Å². The summed E-state index contributed by atoms with van der Waals surface area (Å²) in [7, 11) is 0. The normalized spacial score (nSPS) is 16.7. The Morgan fingerprint density at radius 2 is 1.91 bits per heavy atom. The lowest BCUT2D eigenvalue weighted by Gasteiger charge is -2.31. The molecule has 1 atom stereocenters. The molecule has 32 heavy (non-hydrogen) atoms. The Balaban J connectivity index is 1.31. The van der Waals surface area contributed by atoms with Gasteiger partial charge in [0.05, 0.1) is 24.2 Å². The average Bonchev–Trinajstić information content (AvgIpc) is 2.80. The summed E-state index contributed by atoms with van der Waals surface area (Å²) < 4.78 is 1.68. The fourth-order valence-electron chi connectivity index (χ4n) is 4.15. The number of primary amides is 1. The lowest BCUT2D eigenvalue weighted by molar-refractivity contribution is -0.123. The van der Waals surface area contributed by atoms with Crippen LogP contribution < -0.4 is 16.5 Å². The molecular weight excluding hydrogens is 406 g/mol. The summed E-state index contributed by atoms with van der Waals surface area (Å²) in [5.74, 6) is -0.419. The zero-order valence-corrected chi connectivity index (χ0v) is 17.9. The van der Waals surface area contributed by atoms with Crippen molar-refractivity contribution in [3.63, 3.8) is 0 Å². The van der Waals surface area contributed by atoms with Crippen molar-refractivity contribution in [2.75, 3.05) is 18.4 Å². The van der Waals surface area contributed by atoms with E-state index in [1.54, 1.807) is 10.7 Å². The maximum atomic E-state index is 12.4. The summed E-state index contributed by atoms with van der Waals surface area (Å²) in [6, 6.07) is 15.0. The first-order valence-electron chi connectivity index (χ1n) is 10.8. The Morgan fingerprint density at radius 1 is 1.12 bits per heavy atom. The molecule has 1 aliphatic rings. The van der Waals surface area contributed by atoms with Crippen LogP contribution in [0.1, 0.15) is 24.8 Å². The van der Waals surface area contributed by atoms with Gasteiger partial charge in [0.2, 0.25) is 17.2 Å². The SMILES string of the molecule is NC(=O)C1CCCN(Cc2ccc(NC(=O)CCn3ncc(=O)c4ccccc43)cc2)C1. The molecule has 8 nitrogen and oxygen atoms in total. The van der Waals surface area contributed by atoms with Gasteiger partial charge < -0.3 is 11.1 Å². The molecule has 0 radical (unpaired) electrons. The lowest BCUT2D eigenvalue weighted by atomic mass is 9.97. The molecule has 3 aromatic rings. The summed E-state index contributed by atoms with van der Waals surface area (Å²) >= 11 is 0. The maximum absolute atomic E-state index is 12.4. The molecule has 1 aliphatic heterocycles. The molecule has 2 heterocycles. The van der Waals surface area contributed by atoms with Gasteiger partial charge in [0.1, 0.15) is 0 Å². The van der Waals surface area contributed by atoms with E-state index in [2.05, 4.69) is 15.3 Å². The number of nitrogens with two attached hydrogens (primary N) is 1. The van der Waals surface area contributed by atoms with Gasteiger partial charge in [-0.15, -0.1) is 0 Å². The highest BCUT2D eigenvalue weighted by Gasteiger charge is 2.23. The van der Waals surface area contributed by atoms with Gasteiger partial charge in [-0.2, -0.15) is 5.10 Å². The number of aromatic nitrogens is 2. The Bertz CT molecular complexity index is 1170. The smallest absolute Gasteiger partial charge is 0.226 e. The van der Waals surface area contributed by atoms with Crippen molar-refractivity contribution < 1.29 is 9.59 Å². The summed E-state index contributed by atoms with van der Waals surface area (Å²) in [6.07, 6.45) is 3.36. The number of hydrogen-bond donors (Lipinski definition) is 2. The first-order chi connectivity index (χ1) is 15.5. The number of anilines is 1. The molecule has 2 aromatic carbocycles. The van der Waals surface area contributed by atoms with Gasteiger partial charge in [-0.3, -0.25) is 24.0 Å². The molecule has 0 spiro atoms. The second-order valence-electron chi connectivity index (χ2n) is 8.22. The van der Waals surface area contributed by atoms with Gasteiger partial charge in [0, 0.05) is 30.6 Å². The molecule has 1 unspecified atom stereocenters. The minimum Gasteiger partial charge on any atom is -0.369 e. The monoisotopic (exact) mass is 433 g/mol. The van der Waals surface area contributed by atoms with Crippen molar-refractivity contribution >= 4 is 28.4 Å². The number of aryl methyl sites for hydroxylation is 1. The van der Waals surface area contributed by atoms with Crippen LogP contribution in [0.4, 0.5) is 5.69 Å². The Morgan fingerprint density at radius 3 is 2.69 bits per heavy atom. The van der Waals surface area contributed by atoms with E-state index < -0.39 is 0 Å². The highest BCUT2D eigenvalue weighted by atomic mass is 16.2. The van der Waals surface area contributed by atoms with Crippen molar-refractivity contribution in [3.8, 4) is 0 Å². The quantitative estimate of drug-likeness (QED) is 0.593. The van der Waals surface area contributed by atoms with Crippen molar-refractivity contribution in [1.29, 1.82) is 0 Å². The first-order valence-corrected chi connectivity index (χ1v) is 10.8. The molecule has 0 aliphatic carbocycles. The lowest BCUT2D eigenvalue weighted by Crippen LogP contribution is -2.40. The third-order valence-electron chi connectivity index (χ3n) is 5.86. The number of rotatable bonds is 7. The molecule has 0 bridgehead atoms.